The standard InChI is InChI=1S/2C26H25NO3/c2*1-26-18-27(15-19-9-4-2-5-10-19)25(28)24(26)21-13-8-14-23(22(21)17-30-26)29-16-20-11-6-3-7-12-20/h2*2-14,24H,15-18H2,1H3/t24-,26+;24-,26-/m10/s1. The van der Waals surface area contributed by atoms with Crippen molar-refractivity contribution in [1.29, 1.82) is 0 Å². The van der Waals surface area contributed by atoms with Gasteiger partial charge in [-0.2, -0.15) is 0 Å². The minimum absolute atomic E-state index is 0.127. The third kappa shape index (κ3) is 7.93. The summed E-state index contributed by atoms with van der Waals surface area (Å²) in [5.74, 6) is 1.25. The van der Waals surface area contributed by atoms with Gasteiger partial charge < -0.3 is 28.7 Å². The van der Waals surface area contributed by atoms with Crippen LogP contribution in [0.3, 0.4) is 0 Å². The lowest BCUT2D eigenvalue weighted by molar-refractivity contribution is -0.132. The zero-order valence-corrected chi connectivity index (χ0v) is 34.2. The number of rotatable bonds is 10. The zero-order valence-electron chi connectivity index (χ0n) is 34.2. The molecule has 4 aliphatic heterocycles. The Hall–Kier alpha value is -6.22. The van der Waals surface area contributed by atoms with Crippen molar-refractivity contribution in [1.82, 2.24) is 9.80 Å². The first-order valence-electron chi connectivity index (χ1n) is 20.8. The molecule has 8 heteroatoms. The summed E-state index contributed by atoms with van der Waals surface area (Å²) in [5, 5.41) is 0. The molecule has 0 bridgehead atoms. The third-order valence-electron chi connectivity index (χ3n) is 12.3. The third-order valence-corrected chi connectivity index (χ3v) is 12.3. The summed E-state index contributed by atoms with van der Waals surface area (Å²) in [5.41, 5.74) is 7.52. The van der Waals surface area contributed by atoms with Gasteiger partial charge in [-0.05, 0) is 59.4 Å². The predicted molar refractivity (Wildman–Crippen MR) is 230 cm³/mol. The van der Waals surface area contributed by atoms with Gasteiger partial charge in [0.25, 0.3) is 0 Å². The Kier molecular flexibility index (Phi) is 11.0. The fraction of sp³-hybridized carbons (Fsp3) is 0.269. The maximum Gasteiger partial charge on any atom is 0.233 e. The molecule has 0 unspecified atom stereocenters. The van der Waals surface area contributed by atoms with Crippen molar-refractivity contribution in [3.05, 3.63) is 202 Å². The highest BCUT2D eigenvalue weighted by Gasteiger charge is 2.55. The Bertz CT molecular complexity index is 2270. The lowest BCUT2D eigenvalue weighted by Gasteiger charge is -2.36. The van der Waals surface area contributed by atoms with Crippen LogP contribution >= 0.6 is 0 Å². The van der Waals surface area contributed by atoms with Crippen LogP contribution < -0.4 is 9.47 Å². The molecule has 6 aromatic rings. The van der Waals surface area contributed by atoms with Gasteiger partial charge in [-0.1, -0.05) is 146 Å². The Morgan fingerprint density at radius 3 is 1.20 bits per heavy atom. The molecule has 0 aliphatic carbocycles. The molecule has 10 rings (SSSR count). The molecule has 2 amide bonds. The van der Waals surface area contributed by atoms with Crippen LogP contribution in [-0.4, -0.2) is 45.9 Å². The summed E-state index contributed by atoms with van der Waals surface area (Å²) in [7, 11) is 0. The second kappa shape index (κ2) is 16.8. The largest absolute Gasteiger partial charge is 0.489 e. The van der Waals surface area contributed by atoms with E-state index in [1.165, 1.54) is 0 Å². The van der Waals surface area contributed by atoms with Crippen molar-refractivity contribution >= 4 is 11.8 Å². The molecule has 6 aromatic carbocycles. The van der Waals surface area contributed by atoms with Crippen LogP contribution in [0.15, 0.2) is 158 Å². The van der Waals surface area contributed by atoms with E-state index >= 15 is 0 Å². The molecule has 4 atom stereocenters. The topological polar surface area (TPSA) is 77.5 Å². The number of hydrogen-bond acceptors (Lipinski definition) is 6. The highest BCUT2D eigenvalue weighted by molar-refractivity contribution is 5.89. The van der Waals surface area contributed by atoms with E-state index in [-0.39, 0.29) is 23.7 Å². The van der Waals surface area contributed by atoms with E-state index in [0.29, 0.717) is 52.6 Å². The highest BCUT2D eigenvalue weighted by Crippen LogP contribution is 2.49. The van der Waals surface area contributed by atoms with Crippen LogP contribution in [0.25, 0.3) is 0 Å². The van der Waals surface area contributed by atoms with Crippen LogP contribution in [-0.2, 0) is 58.6 Å². The summed E-state index contributed by atoms with van der Waals surface area (Å²) >= 11 is 0. The van der Waals surface area contributed by atoms with E-state index < -0.39 is 11.2 Å². The Morgan fingerprint density at radius 2 is 0.833 bits per heavy atom. The van der Waals surface area contributed by atoms with E-state index in [1.54, 1.807) is 0 Å². The Morgan fingerprint density at radius 1 is 0.483 bits per heavy atom. The molecular formula is C52H50N2O6. The number of carbonyl (C=O) groups excluding carboxylic acids is 2. The smallest absolute Gasteiger partial charge is 0.233 e. The predicted octanol–water partition coefficient (Wildman–Crippen LogP) is 9.36. The fourth-order valence-electron chi connectivity index (χ4n) is 9.27. The number of likely N-dealkylation sites (tertiary alicyclic amines) is 2. The molecule has 0 N–H and O–H groups in total. The molecule has 0 spiro atoms. The zero-order chi connectivity index (χ0) is 41.1. The molecule has 60 heavy (non-hydrogen) atoms. The second-order valence-corrected chi connectivity index (χ2v) is 16.6. The van der Waals surface area contributed by atoms with Crippen LogP contribution in [0.4, 0.5) is 0 Å². The minimum Gasteiger partial charge on any atom is -0.489 e. The maximum atomic E-state index is 13.4. The van der Waals surface area contributed by atoms with Crippen LogP contribution in [0.5, 0.6) is 11.5 Å². The number of benzene rings is 6. The minimum atomic E-state index is -0.517. The van der Waals surface area contributed by atoms with Gasteiger partial charge in [0.15, 0.2) is 0 Å². The van der Waals surface area contributed by atoms with Crippen molar-refractivity contribution in [2.24, 2.45) is 0 Å². The van der Waals surface area contributed by atoms with Crippen molar-refractivity contribution in [2.45, 2.75) is 76.4 Å². The molecular weight excluding hydrogens is 749 g/mol. The van der Waals surface area contributed by atoms with Gasteiger partial charge >= 0.3 is 0 Å². The first-order valence-corrected chi connectivity index (χ1v) is 20.8. The summed E-state index contributed by atoms with van der Waals surface area (Å²) < 4.78 is 24.9. The summed E-state index contributed by atoms with van der Waals surface area (Å²) in [6, 6.07) is 52.5. The average Bonchev–Trinajstić information content (AvgIpc) is 3.70. The molecule has 4 heterocycles. The summed E-state index contributed by atoms with van der Waals surface area (Å²) in [4.78, 5) is 30.7. The van der Waals surface area contributed by atoms with Gasteiger partial charge in [0.2, 0.25) is 11.8 Å². The van der Waals surface area contributed by atoms with Crippen molar-refractivity contribution in [3.8, 4) is 11.5 Å². The number of ether oxygens (including phenoxy) is 4. The van der Waals surface area contributed by atoms with Crippen LogP contribution in [0, 0.1) is 0 Å². The Balaban J connectivity index is 0.000000154. The van der Waals surface area contributed by atoms with Crippen molar-refractivity contribution in [2.75, 3.05) is 13.1 Å². The quantitative estimate of drug-likeness (QED) is 0.138. The van der Waals surface area contributed by atoms with Crippen LogP contribution in [0.1, 0.15) is 70.2 Å². The number of fused-ring (bicyclic) bond motifs is 6. The van der Waals surface area contributed by atoms with Gasteiger partial charge in [0, 0.05) is 24.2 Å². The Labute approximate surface area is 352 Å². The van der Waals surface area contributed by atoms with Gasteiger partial charge in [0.05, 0.1) is 49.3 Å². The first-order chi connectivity index (χ1) is 29.3. The average molecular weight is 799 g/mol. The fourth-order valence-corrected chi connectivity index (χ4v) is 9.27. The van der Waals surface area contributed by atoms with E-state index in [2.05, 4.69) is 50.2 Å². The normalized spacial score (nSPS) is 22.5. The molecule has 0 saturated carbocycles. The molecule has 304 valence electrons. The highest BCUT2D eigenvalue weighted by atomic mass is 16.5. The lowest BCUT2D eigenvalue weighted by Crippen LogP contribution is -2.40. The number of nitrogens with zero attached hydrogens (tertiary/aromatic N) is 2. The van der Waals surface area contributed by atoms with Crippen LogP contribution in [0.2, 0.25) is 0 Å². The van der Waals surface area contributed by atoms with E-state index in [9.17, 15) is 9.59 Å². The van der Waals surface area contributed by atoms with E-state index in [4.69, 9.17) is 18.9 Å². The van der Waals surface area contributed by atoms with E-state index in [0.717, 1.165) is 56.0 Å². The molecule has 4 aliphatic rings. The van der Waals surface area contributed by atoms with E-state index in [1.807, 2.05) is 131 Å². The van der Waals surface area contributed by atoms with Gasteiger partial charge in [-0.15, -0.1) is 0 Å². The summed E-state index contributed by atoms with van der Waals surface area (Å²) in [6.45, 7) is 8.42. The summed E-state index contributed by atoms with van der Waals surface area (Å²) in [6.07, 6.45) is 0. The number of carbonyl (C=O) groups is 2. The SMILES string of the molecule is C[C@]12CN(Cc3ccccc3)C(=O)[C@@H]1c1cccc(OCc3ccccc3)c1CO2.C[C@]12CN(Cc3ccccc3)C(=O)[C@H]1c1cccc(OCc3ccccc3)c1CO2. The van der Waals surface area contributed by atoms with Gasteiger partial charge in [-0.3, -0.25) is 9.59 Å². The maximum absolute atomic E-state index is 13.4. The second-order valence-electron chi connectivity index (χ2n) is 16.6. The van der Waals surface area contributed by atoms with Crippen molar-refractivity contribution < 1.29 is 28.5 Å². The number of amides is 2. The first kappa shape index (κ1) is 39.3. The number of hydrogen-bond donors (Lipinski definition) is 0. The molecule has 8 nitrogen and oxygen atoms in total. The lowest BCUT2D eigenvalue weighted by atomic mass is 9.81. The van der Waals surface area contributed by atoms with Gasteiger partial charge in [-0.25, -0.2) is 0 Å². The molecule has 2 fully saturated rings. The van der Waals surface area contributed by atoms with Gasteiger partial charge in [0.1, 0.15) is 24.7 Å². The molecule has 2 saturated heterocycles. The van der Waals surface area contributed by atoms with Crippen molar-refractivity contribution in [3.63, 3.8) is 0 Å². The molecule has 0 aromatic heterocycles. The molecule has 0 radical (unpaired) electrons. The monoisotopic (exact) mass is 798 g/mol.